The second-order valence-electron chi connectivity index (χ2n) is 12.4. The highest BCUT2D eigenvalue weighted by Gasteiger charge is 2.35. The molecule has 238 valence electrons. The van der Waals surface area contributed by atoms with Crippen LogP contribution in [0.5, 0.6) is 0 Å². The number of hydrogen-bond donors (Lipinski definition) is 2. The van der Waals surface area contributed by atoms with E-state index in [-0.39, 0.29) is 11.2 Å². The molecule has 0 bridgehead atoms. The monoisotopic (exact) mass is 637 g/mol. The average Bonchev–Trinajstić information content (AvgIpc) is 3.11. The van der Waals surface area contributed by atoms with Gasteiger partial charge in [0, 0.05) is 76.2 Å². The molecule has 4 aromatic rings. The van der Waals surface area contributed by atoms with Crippen LogP contribution in [0.25, 0.3) is 0 Å². The van der Waals surface area contributed by atoms with Crippen LogP contribution in [-0.2, 0) is 23.1 Å². The first-order valence-corrected chi connectivity index (χ1v) is 16.6. The van der Waals surface area contributed by atoms with Crippen LogP contribution in [0.3, 0.4) is 0 Å². The van der Waals surface area contributed by atoms with Crippen LogP contribution in [-0.4, -0.2) is 67.6 Å². The van der Waals surface area contributed by atoms with E-state index in [0.29, 0.717) is 30.8 Å². The van der Waals surface area contributed by atoms with Gasteiger partial charge in [0.25, 0.3) is 0 Å². The SMILES string of the molecule is Fc1ccc(C2(CNC(=S)Nc3nc(N4CCN(c5ccccc5)CC4)cc(N4CCc5ccccc5C4)n3)CCOCC2)cc1. The highest BCUT2D eigenvalue weighted by molar-refractivity contribution is 7.80. The van der Waals surface area contributed by atoms with Gasteiger partial charge in [-0.05, 0) is 72.4 Å². The van der Waals surface area contributed by atoms with E-state index in [4.69, 9.17) is 26.9 Å². The van der Waals surface area contributed by atoms with E-state index >= 15 is 0 Å². The lowest BCUT2D eigenvalue weighted by Gasteiger charge is -2.38. The van der Waals surface area contributed by atoms with Crippen molar-refractivity contribution in [1.82, 2.24) is 15.3 Å². The Labute approximate surface area is 275 Å². The van der Waals surface area contributed by atoms with Crippen molar-refractivity contribution >= 4 is 40.6 Å². The molecule has 46 heavy (non-hydrogen) atoms. The minimum Gasteiger partial charge on any atom is -0.381 e. The number of benzene rings is 3. The molecule has 1 aromatic heterocycles. The van der Waals surface area contributed by atoms with Crippen LogP contribution in [0.15, 0.2) is 84.9 Å². The number of aromatic nitrogens is 2. The Hall–Kier alpha value is -4.28. The number of anilines is 4. The number of halogens is 1. The van der Waals surface area contributed by atoms with Gasteiger partial charge >= 0.3 is 0 Å². The van der Waals surface area contributed by atoms with E-state index in [0.717, 1.165) is 75.7 Å². The zero-order valence-electron chi connectivity index (χ0n) is 26.0. The maximum atomic E-state index is 13.7. The molecule has 0 atom stereocenters. The van der Waals surface area contributed by atoms with Crippen LogP contribution >= 0.6 is 12.2 Å². The van der Waals surface area contributed by atoms with E-state index in [9.17, 15) is 4.39 Å². The first kappa shape index (κ1) is 30.4. The largest absolute Gasteiger partial charge is 0.381 e. The van der Waals surface area contributed by atoms with Gasteiger partial charge in [-0.2, -0.15) is 9.97 Å². The molecule has 8 nitrogen and oxygen atoms in total. The fourth-order valence-corrected chi connectivity index (χ4v) is 7.02. The summed E-state index contributed by atoms with van der Waals surface area (Å²) in [6.07, 6.45) is 2.63. The maximum absolute atomic E-state index is 13.7. The minimum atomic E-state index is -0.234. The highest BCUT2D eigenvalue weighted by atomic mass is 32.1. The summed E-state index contributed by atoms with van der Waals surface area (Å²) < 4.78 is 19.4. The lowest BCUT2D eigenvalue weighted by molar-refractivity contribution is 0.0515. The summed E-state index contributed by atoms with van der Waals surface area (Å²) in [6, 6.07) is 28.2. The predicted molar refractivity (Wildman–Crippen MR) is 186 cm³/mol. The van der Waals surface area contributed by atoms with Crippen molar-refractivity contribution in [2.75, 3.05) is 72.5 Å². The summed E-state index contributed by atoms with van der Waals surface area (Å²) in [4.78, 5) is 17.1. The molecule has 2 fully saturated rings. The van der Waals surface area contributed by atoms with Crippen molar-refractivity contribution in [2.24, 2.45) is 0 Å². The smallest absolute Gasteiger partial charge is 0.232 e. The minimum absolute atomic E-state index is 0.203. The number of nitrogens with zero attached hydrogens (tertiary/aromatic N) is 5. The van der Waals surface area contributed by atoms with Crippen LogP contribution in [0.1, 0.15) is 29.5 Å². The third kappa shape index (κ3) is 6.78. The quantitative estimate of drug-likeness (QED) is 0.254. The second-order valence-corrected chi connectivity index (χ2v) is 12.8. The number of para-hydroxylation sites is 1. The average molecular weight is 638 g/mol. The van der Waals surface area contributed by atoms with E-state index in [1.807, 2.05) is 12.1 Å². The molecule has 0 amide bonds. The van der Waals surface area contributed by atoms with Crippen molar-refractivity contribution in [1.29, 1.82) is 0 Å². The Balaban J connectivity index is 1.10. The van der Waals surface area contributed by atoms with Gasteiger partial charge in [0.05, 0.1) is 0 Å². The molecular formula is C36H40FN7OS. The predicted octanol–water partition coefficient (Wildman–Crippen LogP) is 5.54. The fourth-order valence-electron chi connectivity index (χ4n) is 6.85. The number of ether oxygens (including phenoxy) is 1. The van der Waals surface area contributed by atoms with Crippen molar-refractivity contribution < 1.29 is 9.13 Å². The molecule has 0 aliphatic carbocycles. The lowest BCUT2D eigenvalue weighted by atomic mass is 9.74. The Morgan fingerprint density at radius 3 is 2.17 bits per heavy atom. The molecule has 3 aromatic carbocycles. The summed E-state index contributed by atoms with van der Waals surface area (Å²) in [7, 11) is 0. The van der Waals surface area contributed by atoms with Gasteiger partial charge in [0.2, 0.25) is 5.95 Å². The number of rotatable bonds is 7. The number of hydrogen-bond acceptors (Lipinski definition) is 7. The van der Waals surface area contributed by atoms with E-state index in [1.165, 1.54) is 28.9 Å². The molecular weight excluding hydrogens is 598 g/mol. The van der Waals surface area contributed by atoms with Crippen LogP contribution in [0, 0.1) is 5.82 Å². The summed E-state index contributed by atoms with van der Waals surface area (Å²) in [5, 5.41) is 7.23. The molecule has 0 spiro atoms. The Morgan fingerprint density at radius 1 is 0.783 bits per heavy atom. The molecule has 3 aliphatic rings. The van der Waals surface area contributed by atoms with E-state index in [1.54, 1.807) is 0 Å². The summed E-state index contributed by atoms with van der Waals surface area (Å²) in [5.74, 6) is 2.04. The zero-order valence-corrected chi connectivity index (χ0v) is 26.8. The third-order valence-electron chi connectivity index (χ3n) is 9.60. The molecule has 7 rings (SSSR count). The fraction of sp³-hybridized carbons (Fsp3) is 0.361. The molecule has 2 N–H and O–H groups in total. The van der Waals surface area contributed by atoms with Crippen LogP contribution in [0.4, 0.5) is 27.7 Å². The second kappa shape index (κ2) is 13.6. The van der Waals surface area contributed by atoms with Crippen molar-refractivity contribution in [3.8, 4) is 0 Å². The molecule has 0 radical (unpaired) electrons. The normalized spacial score (nSPS) is 17.7. The number of thiocarbonyl (C=S) groups is 1. The van der Waals surface area contributed by atoms with Crippen molar-refractivity contribution in [3.05, 3.63) is 107 Å². The molecule has 4 heterocycles. The first-order chi connectivity index (χ1) is 22.5. The summed E-state index contributed by atoms with van der Waals surface area (Å²) in [6.45, 7) is 7.16. The molecule has 3 aliphatic heterocycles. The molecule has 10 heteroatoms. The van der Waals surface area contributed by atoms with Gasteiger partial charge in [-0.1, -0.05) is 54.6 Å². The van der Waals surface area contributed by atoms with Gasteiger partial charge < -0.3 is 30.1 Å². The molecule has 0 unspecified atom stereocenters. The van der Waals surface area contributed by atoms with Gasteiger partial charge in [-0.15, -0.1) is 0 Å². The van der Waals surface area contributed by atoms with Crippen molar-refractivity contribution in [3.63, 3.8) is 0 Å². The number of nitrogens with one attached hydrogen (secondary N) is 2. The maximum Gasteiger partial charge on any atom is 0.232 e. The highest BCUT2D eigenvalue weighted by Crippen LogP contribution is 2.35. The van der Waals surface area contributed by atoms with Gasteiger partial charge in [-0.25, -0.2) is 4.39 Å². The summed E-state index contributed by atoms with van der Waals surface area (Å²) >= 11 is 5.82. The van der Waals surface area contributed by atoms with E-state index in [2.05, 4.69) is 86.0 Å². The number of fused-ring (bicyclic) bond motifs is 1. The van der Waals surface area contributed by atoms with Crippen LogP contribution < -0.4 is 25.3 Å². The van der Waals surface area contributed by atoms with Gasteiger partial charge in [0.15, 0.2) is 5.11 Å². The number of piperazine rings is 1. The van der Waals surface area contributed by atoms with E-state index < -0.39 is 0 Å². The van der Waals surface area contributed by atoms with Gasteiger partial charge in [0.1, 0.15) is 17.5 Å². The van der Waals surface area contributed by atoms with Crippen LogP contribution in [0.2, 0.25) is 0 Å². The third-order valence-corrected chi connectivity index (χ3v) is 9.84. The Morgan fingerprint density at radius 2 is 1.43 bits per heavy atom. The summed E-state index contributed by atoms with van der Waals surface area (Å²) in [5.41, 5.74) is 4.87. The molecule has 2 saturated heterocycles. The Bertz CT molecular complexity index is 1640. The topological polar surface area (TPSA) is 68.8 Å². The lowest BCUT2D eigenvalue weighted by Crippen LogP contribution is -2.47. The standard InChI is InChI=1S/C36H40FN7OS/c37-30-12-10-29(11-13-30)36(15-22-45-23-16-36)26-38-35(46)41-34-39-32(43-20-18-42(19-21-43)31-8-2-1-3-9-31)24-33(40-34)44-17-14-27-6-4-5-7-28(27)25-44/h1-13,24H,14-23,25-26H2,(H2,38,39,40,41,46). The Kier molecular flexibility index (Phi) is 8.98. The zero-order chi connectivity index (χ0) is 31.3. The molecule has 0 saturated carbocycles. The first-order valence-electron chi connectivity index (χ1n) is 16.2. The van der Waals surface area contributed by atoms with Crippen molar-refractivity contribution in [2.45, 2.75) is 31.2 Å². The van der Waals surface area contributed by atoms with Gasteiger partial charge in [-0.3, -0.25) is 0 Å².